The lowest BCUT2D eigenvalue weighted by Gasteiger charge is -2.37. The second-order valence-corrected chi connectivity index (χ2v) is 15.5. The van der Waals surface area contributed by atoms with Crippen LogP contribution in [-0.4, -0.2) is 151 Å². The smallest absolute Gasteiger partial charge is 0.250 e. The summed E-state index contributed by atoms with van der Waals surface area (Å²) in [6.07, 6.45) is 0.850. The number of hydrogen-bond donors (Lipinski definition) is 6. The van der Waals surface area contributed by atoms with E-state index in [-0.39, 0.29) is 75.1 Å². The molecule has 0 bridgehead atoms. The van der Waals surface area contributed by atoms with Gasteiger partial charge in [-0.2, -0.15) is 0 Å². The van der Waals surface area contributed by atoms with Crippen molar-refractivity contribution in [3.8, 4) is 0 Å². The molecular weight excluding hydrogens is 764 g/mol. The first kappa shape index (κ1) is 47.3. The number of amides is 4. The molecule has 6 N–H and O–H groups in total. The van der Waals surface area contributed by atoms with Crippen molar-refractivity contribution in [2.24, 2.45) is 11.8 Å². The van der Waals surface area contributed by atoms with E-state index in [9.17, 15) is 29.4 Å². The molecule has 0 radical (unpaired) electrons. The predicted octanol–water partition coefficient (Wildman–Crippen LogP) is 1.33. The Hall–Kier alpha value is -4.36. The summed E-state index contributed by atoms with van der Waals surface area (Å²) in [7, 11) is 3.76. The third-order valence-corrected chi connectivity index (χ3v) is 10.1. The van der Waals surface area contributed by atoms with Gasteiger partial charge in [-0.25, -0.2) is 0 Å². The summed E-state index contributed by atoms with van der Waals surface area (Å²) in [5.74, 6) is -0.758. The van der Waals surface area contributed by atoms with Gasteiger partial charge in [0.25, 0.3) is 0 Å². The van der Waals surface area contributed by atoms with Crippen LogP contribution in [0.25, 0.3) is 0 Å². The zero-order valence-electron chi connectivity index (χ0n) is 35.3. The fraction of sp³-hybridized carbons (Fsp3) is 0.619. The maximum Gasteiger partial charge on any atom is 0.250 e. The van der Waals surface area contributed by atoms with Crippen molar-refractivity contribution in [3.63, 3.8) is 0 Å². The number of fused-ring (bicyclic) bond motifs is 2. The first-order valence-corrected chi connectivity index (χ1v) is 20.3. The first-order valence-electron chi connectivity index (χ1n) is 20.3. The minimum Gasteiger partial charge on any atom is -0.394 e. The Morgan fingerprint density at radius 1 is 0.627 bits per heavy atom. The van der Waals surface area contributed by atoms with Gasteiger partial charge >= 0.3 is 0 Å². The van der Waals surface area contributed by atoms with Gasteiger partial charge in [0.2, 0.25) is 23.6 Å². The van der Waals surface area contributed by atoms with E-state index in [1.807, 2.05) is 75.9 Å². The third kappa shape index (κ3) is 14.4. The lowest BCUT2D eigenvalue weighted by atomic mass is 9.95. The Morgan fingerprint density at radius 2 is 0.966 bits per heavy atom. The predicted molar refractivity (Wildman–Crippen MR) is 224 cm³/mol. The molecule has 0 fully saturated rings. The second-order valence-electron chi connectivity index (χ2n) is 15.5. The number of carbonyl (C=O) groups is 4. The molecule has 59 heavy (non-hydrogen) atoms. The molecule has 0 saturated heterocycles. The maximum absolute atomic E-state index is 12.8. The van der Waals surface area contributed by atoms with E-state index >= 15 is 0 Å². The van der Waals surface area contributed by atoms with Crippen LogP contribution in [0.1, 0.15) is 38.8 Å². The van der Waals surface area contributed by atoms with E-state index in [2.05, 4.69) is 21.3 Å². The number of rotatable bonds is 22. The molecule has 17 nitrogen and oxygen atoms in total. The highest BCUT2D eigenvalue weighted by molar-refractivity contribution is 5.93. The molecule has 0 aliphatic carbocycles. The number of ether oxygens (including phenoxy) is 5. The summed E-state index contributed by atoms with van der Waals surface area (Å²) in [6, 6.07) is 9.45. The molecule has 2 aromatic carbocycles. The summed E-state index contributed by atoms with van der Waals surface area (Å²) in [5.41, 5.74) is 4.78. The zero-order chi connectivity index (χ0) is 42.9. The second kappa shape index (κ2) is 24.0. The molecule has 0 aromatic heterocycles. The molecule has 4 amide bonds. The molecule has 2 aliphatic rings. The molecule has 0 saturated carbocycles. The van der Waals surface area contributed by atoms with Crippen LogP contribution >= 0.6 is 0 Å². The van der Waals surface area contributed by atoms with Crippen molar-refractivity contribution < 1.29 is 53.1 Å². The van der Waals surface area contributed by atoms with Gasteiger partial charge in [0.15, 0.2) is 0 Å². The third-order valence-electron chi connectivity index (χ3n) is 10.1. The number of aliphatic hydroxyl groups excluding tert-OH is 2. The number of hydrogen-bond acceptors (Lipinski definition) is 13. The Labute approximate surface area is 347 Å². The van der Waals surface area contributed by atoms with Crippen LogP contribution in [0.15, 0.2) is 36.4 Å². The lowest BCUT2D eigenvalue weighted by Crippen LogP contribution is -2.54. The summed E-state index contributed by atoms with van der Waals surface area (Å²) >= 11 is 0. The Bertz CT molecular complexity index is 1560. The van der Waals surface area contributed by atoms with Crippen molar-refractivity contribution >= 4 is 46.4 Å². The van der Waals surface area contributed by atoms with Gasteiger partial charge < -0.3 is 65.0 Å². The molecule has 2 heterocycles. The summed E-state index contributed by atoms with van der Waals surface area (Å²) < 4.78 is 27.5. The molecular formula is C42H64N6O11. The van der Waals surface area contributed by atoms with Gasteiger partial charge in [-0.1, -0.05) is 27.7 Å². The van der Waals surface area contributed by atoms with E-state index in [1.54, 1.807) is 12.1 Å². The number of benzene rings is 2. The molecule has 2 aromatic rings. The van der Waals surface area contributed by atoms with Crippen LogP contribution < -0.4 is 31.1 Å². The SMILES string of the molecule is CC(C)[C@H]1C(=O)N[C@H](CO)Cc2cc(NC(=O)COCCOCCOCCOCCOCC(=O)Nc3ccc4c(c3)C[C@H](CO)NC(=O)[C@@H](C(C)C)N4C)ccc2N1C. The highest BCUT2D eigenvalue weighted by Gasteiger charge is 2.34. The number of anilines is 4. The van der Waals surface area contributed by atoms with Gasteiger partial charge in [0.05, 0.1) is 78.2 Å². The molecule has 2 aliphatic heterocycles. The van der Waals surface area contributed by atoms with Crippen LogP contribution in [0, 0.1) is 11.8 Å². The molecule has 4 atom stereocenters. The van der Waals surface area contributed by atoms with Gasteiger partial charge in [0, 0.05) is 36.8 Å². The topological polar surface area (TPSA) is 209 Å². The lowest BCUT2D eigenvalue weighted by molar-refractivity contribution is -0.125. The average Bonchev–Trinajstić information content (AvgIpc) is 3.17. The number of carbonyl (C=O) groups excluding carboxylic acids is 4. The minimum atomic E-state index is -0.424. The zero-order valence-corrected chi connectivity index (χ0v) is 35.3. The number of likely N-dealkylation sites (N-methyl/N-ethyl adjacent to an activating group) is 2. The van der Waals surface area contributed by atoms with Gasteiger partial charge in [-0.3, -0.25) is 19.2 Å². The van der Waals surface area contributed by atoms with Crippen molar-refractivity contribution in [1.29, 1.82) is 0 Å². The van der Waals surface area contributed by atoms with Gasteiger partial charge in [-0.05, 0) is 72.2 Å². The van der Waals surface area contributed by atoms with Crippen molar-refractivity contribution in [2.75, 3.05) is 114 Å². The summed E-state index contributed by atoms with van der Waals surface area (Å²) in [5, 5.41) is 31.3. The fourth-order valence-corrected chi connectivity index (χ4v) is 7.42. The number of aliphatic hydroxyl groups is 2. The van der Waals surface area contributed by atoms with E-state index < -0.39 is 24.2 Å². The van der Waals surface area contributed by atoms with Crippen molar-refractivity contribution in [3.05, 3.63) is 47.5 Å². The molecule has 328 valence electrons. The maximum atomic E-state index is 12.8. The quantitative estimate of drug-likeness (QED) is 0.0928. The molecule has 0 unspecified atom stereocenters. The van der Waals surface area contributed by atoms with Crippen LogP contribution in [0.2, 0.25) is 0 Å². The van der Waals surface area contributed by atoms with Crippen molar-refractivity contribution in [2.45, 2.75) is 64.7 Å². The Kier molecular flexibility index (Phi) is 19.3. The van der Waals surface area contributed by atoms with Crippen LogP contribution in [0.3, 0.4) is 0 Å². The number of nitrogens with one attached hydrogen (secondary N) is 4. The van der Waals surface area contributed by atoms with Crippen molar-refractivity contribution in [1.82, 2.24) is 10.6 Å². The van der Waals surface area contributed by atoms with Gasteiger partial charge in [-0.15, -0.1) is 0 Å². The van der Waals surface area contributed by atoms with E-state index in [0.717, 1.165) is 22.5 Å². The van der Waals surface area contributed by atoms with E-state index in [0.29, 0.717) is 63.9 Å². The standard InChI is InChI=1S/C42H64N6O11/c1-27(2)39-41(53)45-33(23-49)21-29-19-31(7-9-35(29)47(39)5)43-37(51)25-58-17-15-56-13-11-55-12-14-57-16-18-59-26-38(52)44-32-8-10-36-30(20-32)22-34(24-50)46-42(54)40(28(3)4)48(36)6/h7-10,19-20,27-28,33-34,39-40,49-50H,11-18,21-26H2,1-6H3,(H,43,51)(H,44,52)(H,45,53)(H,46,54)/t33-,34+,39-,40+. The van der Waals surface area contributed by atoms with Crippen LogP contribution in [0.5, 0.6) is 0 Å². The normalized spacial score (nSPS) is 19.6. The number of nitrogens with zero attached hydrogens (tertiary/aromatic N) is 2. The summed E-state index contributed by atoms with van der Waals surface area (Å²) in [4.78, 5) is 54.6. The molecule has 4 rings (SSSR count). The largest absolute Gasteiger partial charge is 0.394 e. The van der Waals surface area contributed by atoms with Crippen LogP contribution in [0.4, 0.5) is 22.7 Å². The Balaban J connectivity index is 1.02. The Morgan fingerprint density at radius 3 is 1.29 bits per heavy atom. The first-order chi connectivity index (χ1) is 28.3. The fourth-order valence-electron chi connectivity index (χ4n) is 7.42. The molecule has 0 spiro atoms. The van der Waals surface area contributed by atoms with E-state index in [4.69, 9.17) is 23.7 Å². The van der Waals surface area contributed by atoms with Gasteiger partial charge in [0.1, 0.15) is 25.3 Å². The monoisotopic (exact) mass is 828 g/mol. The average molecular weight is 829 g/mol. The highest BCUT2D eigenvalue weighted by atomic mass is 16.6. The van der Waals surface area contributed by atoms with E-state index in [1.165, 1.54) is 0 Å². The minimum absolute atomic E-state index is 0.0510. The summed E-state index contributed by atoms with van der Waals surface area (Å²) in [6.45, 7) is 9.72. The van der Waals surface area contributed by atoms with Crippen LogP contribution in [-0.2, 0) is 55.7 Å². The molecule has 17 heteroatoms. The highest BCUT2D eigenvalue weighted by Crippen LogP contribution is 2.31.